The molecule has 0 saturated carbocycles. The van der Waals surface area contributed by atoms with E-state index >= 15 is 0 Å². The number of piperidine rings is 1. The molecule has 0 radical (unpaired) electrons. The summed E-state index contributed by atoms with van der Waals surface area (Å²) >= 11 is 3.45. The lowest BCUT2D eigenvalue weighted by atomic mass is 9.83. The maximum atomic E-state index is 10.0. The van der Waals surface area contributed by atoms with E-state index in [-0.39, 0.29) is 0 Å². The van der Waals surface area contributed by atoms with E-state index in [0.29, 0.717) is 5.92 Å². The van der Waals surface area contributed by atoms with Gasteiger partial charge in [-0.2, -0.15) is 0 Å². The minimum atomic E-state index is -0.536. The van der Waals surface area contributed by atoms with Crippen LogP contribution in [0.1, 0.15) is 26.7 Å². The van der Waals surface area contributed by atoms with Crippen LogP contribution >= 0.6 is 15.9 Å². The van der Waals surface area contributed by atoms with Gasteiger partial charge in [-0.05, 0) is 56.9 Å². The van der Waals surface area contributed by atoms with Crippen LogP contribution in [0.2, 0.25) is 0 Å². The Morgan fingerprint density at radius 2 is 1.71 bits per heavy atom. The first-order valence-corrected chi connectivity index (χ1v) is 6.99. The third kappa shape index (κ3) is 3.23. The Hall–Kier alpha value is -0.540. The van der Waals surface area contributed by atoms with E-state index in [9.17, 15) is 5.11 Å². The van der Waals surface area contributed by atoms with Crippen LogP contribution in [-0.4, -0.2) is 23.8 Å². The minimum absolute atomic E-state index is 0.425. The summed E-state index contributed by atoms with van der Waals surface area (Å²) in [5.74, 6) is 0.425. The molecule has 2 nitrogen and oxygen atoms in total. The second kappa shape index (κ2) is 4.99. The molecule has 1 aromatic carbocycles. The van der Waals surface area contributed by atoms with Crippen LogP contribution in [-0.2, 0) is 0 Å². The average molecular weight is 298 g/mol. The summed E-state index contributed by atoms with van der Waals surface area (Å²) < 4.78 is 1.12. The van der Waals surface area contributed by atoms with Gasteiger partial charge in [0.15, 0.2) is 0 Å². The van der Waals surface area contributed by atoms with Gasteiger partial charge in [0, 0.05) is 23.2 Å². The van der Waals surface area contributed by atoms with Gasteiger partial charge in [-0.3, -0.25) is 0 Å². The molecule has 1 saturated heterocycles. The smallest absolute Gasteiger partial charge is 0.0621 e. The van der Waals surface area contributed by atoms with Crippen molar-refractivity contribution in [3.8, 4) is 0 Å². The van der Waals surface area contributed by atoms with Crippen LogP contribution in [0.4, 0.5) is 5.69 Å². The van der Waals surface area contributed by atoms with Crippen molar-refractivity contribution in [3.63, 3.8) is 0 Å². The maximum absolute atomic E-state index is 10.0. The first-order valence-electron chi connectivity index (χ1n) is 6.20. The number of rotatable bonds is 2. The quantitative estimate of drug-likeness (QED) is 0.904. The normalized spacial score (nSPS) is 18.5. The van der Waals surface area contributed by atoms with Crippen LogP contribution in [0.25, 0.3) is 0 Å². The molecule has 94 valence electrons. The van der Waals surface area contributed by atoms with E-state index in [2.05, 4.69) is 45.1 Å². The lowest BCUT2D eigenvalue weighted by Gasteiger charge is -2.38. The van der Waals surface area contributed by atoms with Gasteiger partial charge in [0.25, 0.3) is 0 Å². The zero-order valence-electron chi connectivity index (χ0n) is 10.5. The topological polar surface area (TPSA) is 23.5 Å². The molecular weight excluding hydrogens is 278 g/mol. The second-order valence-corrected chi connectivity index (χ2v) is 6.31. The Kier molecular flexibility index (Phi) is 3.79. The molecule has 0 atom stereocenters. The third-order valence-electron chi connectivity index (χ3n) is 3.69. The molecule has 0 amide bonds. The Morgan fingerprint density at radius 3 is 2.18 bits per heavy atom. The van der Waals surface area contributed by atoms with Crippen molar-refractivity contribution in [2.24, 2.45) is 5.92 Å². The van der Waals surface area contributed by atoms with E-state index < -0.39 is 5.60 Å². The van der Waals surface area contributed by atoms with Crippen LogP contribution < -0.4 is 4.90 Å². The van der Waals surface area contributed by atoms with Gasteiger partial charge in [0.05, 0.1) is 5.60 Å². The number of hydrogen-bond acceptors (Lipinski definition) is 2. The molecule has 1 aromatic rings. The fraction of sp³-hybridized carbons (Fsp3) is 0.571. The molecule has 1 aliphatic rings. The molecule has 0 spiro atoms. The fourth-order valence-corrected chi connectivity index (χ4v) is 2.76. The Bertz CT molecular complexity index is 361. The lowest BCUT2D eigenvalue weighted by molar-refractivity contribution is 0.00652. The van der Waals surface area contributed by atoms with Gasteiger partial charge in [0.1, 0.15) is 0 Å². The number of anilines is 1. The summed E-state index contributed by atoms with van der Waals surface area (Å²) in [5, 5.41) is 10.0. The van der Waals surface area contributed by atoms with Crippen LogP contribution in [0.5, 0.6) is 0 Å². The fourth-order valence-electron chi connectivity index (χ4n) is 2.50. The Morgan fingerprint density at radius 1 is 1.18 bits per heavy atom. The molecule has 1 N–H and O–H groups in total. The van der Waals surface area contributed by atoms with Crippen molar-refractivity contribution >= 4 is 21.6 Å². The molecule has 2 rings (SSSR count). The summed E-state index contributed by atoms with van der Waals surface area (Å²) in [5.41, 5.74) is 0.744. The average Bonchev–Trinajstić information content (AvgIpc) is 2.29. The van der Waals surface area contributed by atoms with Crippen molar-refractivity contribution in [2.75, 3.05) is 18.0 Å². The minimum Gasteiger partial charge on any atom is -0.390 e. The number of halogens is 1. The van der Waals surface area contributed by atoms with Crippen LogP contribution in [0.3, 0.4) is 0 Å². The van der Waals surface area contributed by atoms with Gasteiger partial charge >= 0.3 is 0 Å². The van der Waals surface area contributed by atoms with Gasteiger partial charge in [0.2, 0.25) is 0 Å². The molecule has 0 bridgehead atoms. The maximum Gasteiger partial charge on any atom is 0.0621 e. The summed E-state index contributed by atoms with van der Waals surface area (Å²) in [4.78, 5) is 2.40. The zero-order valence-corrected chi connectivity index (χ0v) is 12.1. The first-order chi connectivity index (χ1) is 7.97. The number of aliphatic hydroxyl groups is 1. The largest absolute Gasteiger partial charge is 0.390 e. The highest BCUT2D eigenvalue weighted by molar-refractivity contribution is 9.10. The third-order valence-corrected chi connectivity index (χ3v) is 4.21. The highest BCUT2D eigenvalue weighted by Gasteiger charge is 2.30. The number of benzene rings is 1. The molecule has 17 heavy (non-hydrogen) atoms. The van der Waals surface area contributed by atoms with E-state index in [4.69, 9.17) is 0 Å². The van der Waals surface area contributed by atoms with Crippen molar-refractivity contribution in [1.29, 1.82) is 0 Å². The van der Waals surface area contributed by atoms with Gasteiger partial charge in [-0.1, -0.05) is 15.9 Å². The number of nitrogens with zero attached hydrogens (tertiary/aromatic N) is 1. The van der Waals surface area contributed by atoms with Crippen LogP contribution in [0.15, 0.2) is 28.7 Å². The molecule has 0 aromatic heterocycles. The SMILES string of the molecule is CC(C)(O)C1CCN(c2ccc(Br)cc2)CC1. The van der Waals surface area contributed by atoms with Crippen molar-refractivity contribution in [2.45, 2.75) is 32.3 Å². The van der Waals surface area contributed by atoms with E-state index in [1.807, 2.05) is 13.8 Å². The zero-order chi connectivity index (χ0) is 12.5. The summed E-state index contributed by atoms with van der Waals surface area (Å²) in [6.45, 7) is 5.92. The predicted octanol–water partition coefficient (Wildman–Crippen LogP) is 3.44. The van der Waals surface area contributed by atoms with Gasteiger partial charge in [-0.25, -0.2) is 0 Å². The standard InChI is InChI=1S/C14H20BrNO/c1-14(2,17)11-7-9-16(10-8-11)13-5-3-12(15)4-6-13/h3-6,11,17H,7-10H2,1-2H3. The van der Waals surface area contributed by atoms with Crippen LogP contribution in [0, 0.1) is 5.92 Å². The van der Waals surface area contributed by atoms with Crippen molar-refractivity contribution in [1.82, 2.24) is 0 Å². The predicted molar refractivity (Wildman–Crippen MR) is 75.4 cm³/mol. The van der Waals surface area contributed by atoms with E-state index in [0.717, 1.165) is 30.4 Å². The summed E-state index contributed by atoms with van der Waals surface area (Å²) in [6.07, 6.45) is 2.14. The molecule has 1 aliphatic heterocycles. The monoisotopic (exact) mass is 297 g/mol. The van der Waals surface area contributed by atoms with Crippen molar-refractivity contribution < 1.29 is 5.11 Å². The van der Waals surface area contributed by atoms with Gasteiger partial charge in [-0.15, -0.1) is 0 Å². The molecule has 1 fully saturated rings. The lowest BCUT2D eigenvalue weighted by Crippen LogP contribution is -2.41. The molecular formula is C14H20BrNO. The highest BCUT2D eigenvalue weighted by Crippen LogP contribution is 2.30. The van der Waals surface area contributed by atoms with Gasteiger partial charge < -0.3 is 10.0 Å². The first kappa shape index (κ1) is 12.9. The number of hydrogen-bond donors (Lipinski definition) is 1. The molecule has 1 heterocycles. The second-order valence-electron chi connectivity index (χ2n) is 5.39. The molecule has 3 heteroatoms. The highest BCUT2D eigenvalue weighted by atomic mass is 79.9. The Balaban J connectivity index is 1.97. The van der Waals surface area contributed by atoms with E-state index in [1.54, 1.807) is 0 Å². The molecule has 0 unspecified atom stereocenters. The summed E-state index contributed by atoms with van der Waals surface area (Å²) in [7, 11) is 0. The Labute approximate surface area is 112 Å². The van der Waals surface area contributed by atoms with E-state index in [1.165, 1.54) is 5.69 Å². The molecule has 0 aliphatic carbocycles. The summed E-state index contributed by atoms with van der Waals surface area (Å²) in [6, 6.07) is 8.46. The van der Waals surface area contributed by atoms with Crippen molar-refractivity contribution in [3.05, 3.63) is 28.7 Å².